The van der Waals surface area contributed by atoms with Crippen LogP contribution >= 0.6 is 11.3 Å². The van der Waals surface area contributed by atoms with E-state index >= 15 is 0 Å². The zero-order chi connectivity index (χ0) is 21.0. The van der Waals surface area contributed by atoms with Crippen molar-refractivity contribution in [2.75, 3.05) is 5.32 Å². The van der Waals surface area contributed by atoms with Crippen molar-refractivity contribution in [3.05, 3.63) is 71.0 Å². The number of Topliss-reactive ketones (excluding diaryl/α,β-unsaturated/α-hetero) is 1. The maximum atomic E-state index is 13.0. The van der Waals surface area contributed by atoms with Crippen LogP contribution in [0.1, 0.15) is 34.7 Å². The summed E-state index contributed by atoms with van der Waals surface area (Å²) in [6.07, 6.45) is -1.01. The van der Waals surface area contributed by atoms with Crippen molar-refractivity contribution >= 4 is 34.7 Å². The van der Waals surface area contributed by atoms with Crippen LogP contribution in [-0.2, 0) is 9.53 Å². The van der Waals surface area contributed by atoms with Gasteiger partial charge < -0.3 is 10.1 Å². The highest BCUT2D eigenvalue weighted by molar-refractivity contribution is 7.13. The van der Waals surface area contributed by atoms with E-state index in [2.05, 4.69) is 10.3 Å². The standard InChI is InChI=1S/C21H17FN2O4S/c1-12(19(26)14-5-9-17(10-6-14)23-13(2)25)28-21(27)18-11-29-20(24-18)15-3-7-16(22)8-4-15/h3-12H,1-2H3,(H,23,25)/t12-/m1/s1. The second kappa shape index (κ2) is 8.74. The Labute approximate surface area is 170 Å². The summed E-state index contributed by atoms with van der Waals surface area (Å²) in [6, 6.07) is 12.1. The lowest BCUT2D eigenvalue weighted by atomic mass is 10.1. The maximum absolute atomic E-state index is 13.0. The first-order valence-electron chi connectivity index (χ1n) is 8.68. The van der Waals surface area contributed by atoms with Crippen molar-refractivity contribution in [3.8, 4) is 10.6 Å². The number of ether oxygens (including phenoxy) is 1. The molecule has 148 valence electrons. The summed E-state index contributed by atoms with van der Waals surface area (Å²) in [5.74, 6) is -1.66. The van der Waals surface area contributed by atoms with Crippen LogP contribution in [0.25, 0.3) is 10.6 Å². The van der Waals surface area contributed by atoms with Gasteiger partial charge in [0.15, 0.2) is 11.8 Å². The molecule has 0 fully saturated rings. The van der Waals surface area contributed by atoms with Gasteiger partial charge in [0.05, 0.1) is 0 Å². The number of thiazole rings is 1. The van der Waals surface area contributed by atoms with E-state index in [-0.39, 0.29) is 23.2 Å². The van der Waals surface area contributed by atoms with Gasteiger partial charge in [-0.25, -0.2) is 14.2 Å². The third kappa shape index (κ3) is 5.11. The normalized spacial score (nSPS) is 11.6. The van der Waals surface area contributed by atoms with Crippen LogP contribution in [0.15, 0.2) is 53.9 Å². The van der Waals surface area contributed by atoms with Gasteiger partial charge in [-0.1, -0.05) is 0 Å². The highest BCUT2D eigenvalue weighted by Crippen LogP contribution is 2.24. The van der Waals surface area contributed by atoms with Gasteiger partial charge in [-0.15, -0.1) is 11.3 Å². The van der Waals surface area contributed by atoms with E-state index in [1.807, 2.05) is 0 Å². The van der Waals surface area contributed by atoms with E-state index in [0.29, 0.717) is 21.8 Å². The SMILES string of the molecule is CC(=O)Nc1ccc(C(=O)[C@@H](C)OC(=O)c2csc(-c3ccc(F)cc3)n2)cc1. The Morgan fingerprint density at radius 1 is 1.07 bits per heavy atom. The number of ketones is 1. The number of carbonyl (C=O) groups excluding carboxylic acids is 3. The molecule has 0 spiro atoms. The van der Waals surface area contributed by atoms with Crippen LogP contribution in [0.2, 0.25) is 0 Å². The van der Waals surface area contributed by atoms with Crippen LogP contribution < -0.4 is 5.32 Å². The second-order valence-corrected chi connectivity index (χ2v) is 7.07. The minimum absolute atomic E-state index is 0.0787. The zero-order valence-electron chi connectivity index (χ0n) is 15.6. The number of nitrogens with one attached hydrogen (secondary N) is 1. The molecular formula is C21H17FN2O4S. The van der Waals surface area contributed by atoms with Gasteiger partial charge in [0.2, 0.25) is 11.7 Å². The number of hydrogen-bond acceptors (Lipinski definition) is 6. The fourth-order valence-corrected chi connectivity index (χ4v) is 3.32. The number of halogens is 1. The summed E-state index contributed by atoms with van der Waals surface area (Å²) in [5, 5.41) is 4.68. The van der Waals surface area contributed by atoms with E-state index in [1.165, 1.54) is 42.7 Å². The number of amides is 1. The molecule has 8 heteroatoms. The van der Waals surface area contributed by atoms with Gasteiger partial charge in [0.1, 0.15) is 10.8 Å². The van der Waals surface area contributed by atoms with E-state index in [1.54, 1.807) is 36.4 Å². The van der Waals surface area contributed by atoms with Crippen LogP contribution in [-0.4, -0.2) is 28.7 Å². The summed E-state index contributed by atoms with van der Waals surface area (Å²) in [6.45, 7) is 2.87. The Balaban J connectivity index is 1.65. The molecule has 0 radical (unpaired) electrons. The quantitative estimate of drug-likeness (QED) is 0.481. The van der Waals surface area contributed by atoms with Gasteiger partial charge in [-0.3, -0.25) is 9.59 Å². The molecule has 1 atom stereocenters. The molecule has 1 amide bonds. The molecule has 6 nitrogen and oxygen atoms in total. The maximum Gasteiger partial charge on any atom is 0.358 e. The van der Waals surface area contributed by atoms with Crippen molar-refractivity contribution in [1.82, 2.24) is 4.98 Å². The lowest BCUT2D eigenvalue weighted by Gasteiger charge is -2.12. The van der Waals surface area contributed by atoms with Gasteiger partial charge in [0.25, 0.3) is 0 Å². The number of esters is 1. The molecule has 0 saturated carbocycles. The van der Waals surface area contributed by atoms with Crippen molar-refractivity contribution in [3.63, 3.8) is 0 Å². The number of rotatable bonds is 6. The number of nitrogens with zero attached hydrogens (tertiary/aromatic N) is 1. The van der Waals surface area contributed by atoms with E-state index < -0.39 is 12.1 Å². The molecule has 3 aromatic rings. The monoisotopic (exact) mass is 412 g/mol. The fourth-order valence-electron chi connectivity index (χ4n) is 2.52. The molecule has 1 N–H and O–H groups in total. The van der Waals surface area contributed by atoms with Crippen LogP contribution in [0.5, 0.6) is 0 Å². The lowest BCUT2D eigenvalue weighted by molar-refractivity contribution is -0.114. The topological polar surface area (TPSA) is 85.4 Å². The summed E-state index contributed by atoms with van der Waals surface area (Å²) in [5.41, 5.74) is 1.67. The van der Waals surface area contributed by atoms with Crippen LogP contribution in [0, 0.1) is 5.82 Å². The van der Waals surface area contributed by atoms with Crippen molar-refractivity contribution in [1.29, 1.82) is 0 Å². The van der Waals surface area contributed by atoms with E-state index in [4.69, 9.17) is 4.74 Å². The molecule has 0 unspecified atom stereocenters. The zero-order valence-corrected chi connectivity index (χ0v) is 16.5. The highest BCUT2D eigenvalue weighted by Gasteiger charge is 2.22. The number of hydrogen-bond donors (Lipinski definition) is 1. The molecule has 0 aliphatic heterocycles. The minimum atomic E-state index is -1.01. The molecule has 0 aliphatic rings. The molecular weight excluding hydrogens is 395 g/mol. The first kappa shape index (κ1) is 20.3. The summed E-state index contributed by atoms with van der Waals surface area (Å²) in [7, 11) is 0. The third-order valence-electron chi connectivity index (χ3n) is 3.95. The van der Waals surface area contributed by atoms with Crippen LogP contribution in [0.4, 0.5) is 10.1 Å². The average molecular weight is 412 g/mol. The number of aromatic nitrogens is 1. The predicted molar refractivity (Wildman–Crippen MR) is 107 cm³/mol. The molecule has 1 heterocycles. The number of carbonyl (C=O) groups is 3. The summed E-state index contributed by atoms with van der Waals surface area (Å²) >= 11 is 1.22. The molecule has 0 aliphatic carbocycles. The highest BCUT2D eigenvalue weighted by atomic mass is 32.1. The van der Waals surface area contributed by atoms with Gasteiger partial charge in [-0.05, 0) is 55.5 Å². The average Bonchev–Trinajstić information content (AvgIpc) is 3.18. The first-order valence-corrected chi connectivity index (χ1v) is 9.56. The molecule has 0 saturated heterocycles. The minimum Gasteiger partial charge on any atom is -0.450 e. The molecule has 29 heavy (non-hydrogen) atoms. The Morgan fingerprint density at radius 3 is 2.34 bits per heavy atom. The van der Waals surface area contributed by atoms with Crippen molar-refractivity contribution < 1.29 is 23.5 Å². The Morgan fingerprint density at radius 2 is 1.72 bits per heavy atom. The third-order valence-corrected chi connectivity index (χ3v) is 4.84. The van der Waals surface area contributed by atoms with Crippen LogP contribution in [0.3, 0.4) is 0 Å². The molecule has 3 rings (SSSR count). The number of benzene rings is 2. The Hall–Kier alpha value is -3.39. The second-order valence-electron chi connectivity index (χ2n) is 6.22. The fraction of sp³-hybridized carbons (Fsp3) is 0.143. The molecule has 1 aromatic heterocycles. The smallest absolute Gasteiger partial charge is 0.358 e. The van der Waals surface area contributed by atoms with Crippen molar-refractivity contribution in [2.24, 2.45) is 0 Å². The molecule has 0 bridgehead atoms. The molecule has 2 aromatic carbocycles. The van der Waals surface area contributed by atoms with Gasteiger partial charge >= 0.3 is 5.97 Å². The predicted octanol–water partition coefficient (Wildman–Crippen LogP) is 4.34. The largest absolute Gasteiger partial charge is 0.450 e. The Kier molecular flexibility index (Phi) is 6.13. The Bertz CT molecular complexity index is 1050. The van der Waals surface area contributed by atoms with Crippen molar-refractivity contribution in [2.45, 2.75) is 20.0 Å². The first-order chi connectivity index (χ1) is 13.8. The lowest BCUT2D eigenvalue weighted by Crippen LogP contribution is -2.24. The van der Waals surface area contributed by atoms with Gasteiger partial charge in [-0.2, -0.15) is 0 Å². The van der Waals surface area contributed by atoms with E-state index in [9.17, 15) is 18.8 Å². The summed E-state index contributed by atoms with van der Waals surface area (Å²) < 4.78 is 18.3. The summed E-state index contributed by atoms with van der Waals surface area (Å²) in [4.78, 5) is 40.1. The van der Waals surface area contributed by atoms with Gasteiger partial charge in [0, 0.05) is 29.1 Å². The number of anilines is 1. The van der Waals surface area contributed by atoms with E-state index in [0.717, 1.165) is 0 Å².